The van der Waals surface area contributed by atoms with Crippen LogP contribution in [-0.2, 0) is 37.0 Å². The van der Waals surface area contributed by atoms with E-state index < -0.39 is 35.6 Å². The van der Waals surface area contributed by atoms with Crippen molar-refractivity contribution in [2.45, 2.75) is 45.6 Å². The fourth-order valence-corrected chi connectivity index (χ4v) is 3.61. The summed E-state index contributed by atoms with van der Waals surface area (Å²) in [4.78, 5) is 39.7. The first-order valence-corrected chi connectivity index (χ1v) is 12.2. The maximum atomic E-state index is 13.4. The molecule has 0 aromatic heterocycles. The lowest BCUT2D eigenvalue weighted by Gasteiger charge is -2.28. The molecule has 0 heterocycles. The summed E-state index contributed by atoms with van der Waals surface area (Å²) in [5.74, 6) is -2.63. The number of hydrogen-bond acceptors (Lipinski definition) is 7. The highest BCUT2D eigenvalue weighted by molar-refractivity contribution is 5.96. The number of nitrogens with one attached hydrogen (secondary N) is 1. The highest BCUT2D eigenvalue weighted by Crippen LogP contribution is 2.28. The maximum Gasteiger partial charge on any atom is 0.408 e. The first-order chi connectivity index (χ1) is 18.2. The fraction of sp³-hybridized carbons (Fsp3) is 0.300. The van der Waals surface area contributed by atoms with Crippen molar-refractivity contribution in [3.8, 4) is 5.75 Å². The van der Waals surface area contributed by atoms with Crippen LogP contribution in [0.2, 0.25) is 0 Å². The summed E-state index contributed by atoms with van der Waals surface area (Å²) in [7, 11) is 1.52. The number of alkyl carbamates (subject to hydrolysis) is 1. The summed E-state index contributed by atoms with van der Waals surface area (Å²) in [6, 6.07) is 23.7. The van der Waals surface area contributed by atoms with Gasteiger partial charge in [-0.2, -0.15) is 0 Å². The van der Waals surface area contributed by atoms with E-state index in [0.717, 1.165) is 11.1 Å². The summed E-state index contributed by atoms with van der Waals surface area (Å²) < 4.78 is 21.7. The lowest BCUT2D eigenvalue weighted by Crippen LogP contribution is -2.43. The summed E-state index contributed by atoms with van der Waals surface area (Å²) in [6.07, 6.45) is -0.796. The summed E-state index contributed by atoms with van der Waals surface area (Å²) in [5, 5.41) is 2.68. The molecule has 0 unspecified atom stereocenters. The Morgan fingerprint density at radius 1 is 0.737 bits per heavy atom. The third kappa shape index (κ3) is 8.65. The monoisotopic (exact) mass is 519 g/mol. The molecular formula is C30H33NO7. The van der Waals surface area contributed by atoms with Gasteiger partial charge in [-0.3, -0.25) is 9.59 Å². The van der Waals surface area contributed by atoms with Crippen molar-refractivity contribution in [3.63, 3.8) is 0 Å². The zero-order valence-electron chi connectivity index (χ0n) is 22.0. The number of hydrogen-bond donors (Lipinski definition) is 1. The minimum atomic E-state index is -1.51. The van der Waals surface area contributed by atoms with E-state index in [0.29, 0.717) is 11.3 Å². The van der Waals surface area contributed by atoms with Gasteiger partial charge in [0.05, 0.1) is 13.2 Å². The second-order valence-corrected chi connectivity index (χ2v) is 9.56. The zero-order valence-corrected chi connectivity index (χ0v) is 22.0. The average molecular weight is 520 g/mol. The maximum absolute atomic E-state index is 13.4. The Bertz CT molecular complexity index is 1130. The van der Waals surface area contributed by atoms with E-state index in [-0.39, 0.29) is 13.2 Å². The summed E-state index contributed by atoms with van der Waals surface area (Å²) in [5.41, 5.74) is 1.16. The Kier molecular flexibility index (Phi) is 9.87. The standard InChI is InChI=1S/C30H33NO7/c1-30(2,3)38-29(34)31-26(23-15-17-24(35-4)18-16-23)25(27(32)36-19-21-11-7-5-8-12-21)28(33)37-20-22-13-9-6-10-14-22/h5-18,25-26H,19-20H2,1-4H3,(H,31,34)/t26-/m1/s1. The van der Waals surface area contributed by atoms with Crippen molar-refractivity contribution < 1.29 is 33.3 Å². The van der Waals surface area contributed by atoms with E-state index in [1.54, 1.807) is 69.3 Å². The molecule has 3 aromatic carbocycles. The van der Waals surface area contributed by atoms with E-state index in [1.165, 1.54) is 7.11 Å². The van der Waals surface area contributed by atoms with Gasteiger partial charge in [-0.25, -0.2) is 4.79 Å². The number of methoxy groups -OCH3 is 1. The van der Waals surface area contributed by atoms with Gasteiger partial charge in [0, 0.05) is 0 Å². The van der Waals surface area contributed by atoms with E-state index in [4.69, 9.17) is 18.9 Å². The van der Waals surface area contributed by atoms with Gasteiger partial charge in [-0.15, -0.1) is 0 Å². The zero-order chi connectivity index (χ0) is 27.5. The predicted molar refractivity (Wildman–Crippen MR) is 141 cm³/mol. The number of ether oxygens (including phenoxy) is 4. The van der Waals surface area contributed by atoms with Crippen molar-refractivity contribution >= 4 is 18.0 Å². The molecule has 3 rings (SSSR count). The van der Waals surface area contributed by atoms with E-state index in [2.05, 4.69) is 5.32 Å². The Labute approximate surface area is 222 Å². The van der Waals surface area contributed by atoms with Crippen LogP contribution in [0.1, 0.15) is 43.5 Å². The highest BCUT2D eigenvalue weighted by Gasteiger charge is 2.40. The number of carbonyl (C=O) groups is 3. The van der Waals surface area contributed by atoms with Crippen LogP contribution in [0.25, 0.3) is 0 Å². The SMILES string of the molecule is COc1ccc([C@@H](NC(=O)OC(C)(C)C)C(C(=O)OCc2ccccc2)C(=O)OCc2ccccc2)cc1. The van der Waals surface area contributed by atoms with Gasteiger partial charge >= 0.3 is 18.0 Å². The molecule has 0 saturated heterocycles. The molecule has 0 radical (unpaired) electrons. The second-order valence-electron chi connectivity index (χ2n) is 9.56. The normalized spacial score (nSPS) is 11.8. The molecule has 200 valence electrons. The summed E-state index contributed by atoms with van der Waals surface area (Å²) in [6.45, 7) is 5.05. The molecule has 1 atom stereocenters. The molecule has 0 spiro atoms. The minimum Gasteiger partial charge on any atom is -0.497 e. The lowest BCUT2D eigenvalue weighted by atomic mass is 9.92. The van der Waals surface area contributed by atoms with Crippen LogP contribution in [0.3, 0.4) is 0 Å². The third-order valence-corrected chi connectivity index (χ3v) is 5.44. The van der Waals surface area contributed by atoms with Crippen LogP contribution in [0.15, 0.2) is 84.9 Å². The van der Waals surface area contributed by atoms with Gasteiger partial charge in [0.1, 0.15) is 24.6 Å². The van der Waals surface area contributed by atoms with Crippen LogP contribution in [-0.4, -0.2) is 30.7 Å². The highest BCUT2D eigenvalue weighted by atomic mass is 16.6. The molecule has 3 aromatic rings. The van der Waals surface area contributed by atoms with Gasteiger partial charge in [0.15, 0.2) is 5.92 Å². The Morgan fingerprint density at radius 2 is 1.21 bits per heavy atom. The first kappa shape index (κ1) is 28.2. The third-order valence-electron chi connectivity index (χ3n) is 5.44. The molecule has 38 heavy (non-hydrogen) atoms. The van der Waals surface area contributed by atoms with Crippen LogP contribution in [0.4, 0.5) is 4.79 Å². The van der Waals surface area contributed by atoms with Crippen LogP contribution in [0.5, 0.6) is 5.75 Å². The second kappa shape index (κ2) is 13.3. The van der Waals surface area contributed by atoms with Gasteiger partial charge in [-0.1, -0.05) is 72.8 Å². The molecule has 0 aliphatic rings. The van der Waals surface area contributed by atoms with Crippen molar-refractivity contribution in [3.05, 3.63) is 102 Å². The van der Waals surface area contributed by atoms with Crippen molar-refractivity contribution in [2.24, 2.45) is 5.92 Å². The van der Waals surface area contributed by atoms with Crippen LogP contribution >= 0.6 is 0 Å². The van der Waals surface area contributed by atoms with Crippen molar-refractivity contribution in [1.29, 1.82) is 0 Å². The van der Waals surface area contributed by atoms with Gasteiger partial charge in [0.2, 0.25) is 0 Å². The number of carbonyl (C=O) groups excluding carboxylic acids is 3. The van der Waals surface area contributed by atoms with Crippen molar-refractivity contribution in [2.75, 3.05) is 7.11 Å². The van der Waals surface area contributed by atoms with Gasteiger partial charge in [0.25, 0.3) is 0 Å². The van der Waals surface area contributed by atoms with E-state index in [9.17, 15) is 14.4 Å². The Hall–Kier alpha value is -4.33. The lowest BCUT2D eigenvalue weighted by molar-refractivity contribution is -0.165. The fourth-order valence-electron chi connectivity index (χ4n) is 3.61. The molecule has 0 aliphatic heterocycles. The number of amides is 1. The Morgan fingerprint density at radius 3 is 1.63 bits per heavy atom. The first-order valence-electron chi connectivity index (χ1n) is 12.2. The van der Waals surface area contributed by atoms with E-state index in [1.807, 2.05) is 36.4 Å². The molecule has 8 heteroatoms. The summed E-state index contributed by atoms with van der Waals surface area (Å²) >= 11 is 0. The molecular weight excluding hydrogens is 486 g/mol. The molecule has 0 saturated carbocycles. The molecule has 1 amide bonds. The average Bonchev–Trinajstić information content (AvgIpc) is 2.90. The smallest absolute Gasteiger partial charge is 0.408 e. The predicted octanol–water partition coefficient (Wildman–Crippen LogP) is 5.36. The van der Waals surface area contributed by atoms with Crippen LogP contribution < -0.4 is 10.1 Å². The largest absolute Gasteiger partial charge is 0.497 e. The van der Waals surface area contributed by atoms with Crippen LogP contribution in [0, 0.1) is 5.92 Å². The number of benzene rings is 3. The molecule has 8 nitrogen and oxygen atoms in total. The molecule has 0 fully saturated rings. The molecule has 0 aliphatic carbocycles. The number of rotatable bonds is 10. The number of esters is 2. The van der Waals surface area contributed by atoms with Crippen molar-refractivity contribution in [1.82, 2.24) is 5.32 Å². The minimum absolute atomic E-state index is 0.0517. The topological polar surface area (TPSA) is 100 Å². The molecule has 1 N–H and O–H groups in total. The Balaban J connectivity index is 1.93. The van der Waals surface area contributed by atoms with E-state index >= 15 is 0 Å². The quantitative estimate of drug-likeness (QED) is 0.219. The van der Waals surface area contributed by atoms with Gasteiger partial charge in [-0.05, 0) is 49.6 Å². The van der Waals surface area contributed by atoms with Gasteiger partial charge < -0.3 is 24.3 Å². The molecule has 0 bridgehead atoms.